The van der Waals surface area contributed by atoms with Crippen LogP contribution in [0.5, 0.6) is 0 Å². The summed E-state index contributed by atoms with van der Waals surface area (Å²) < 4.78 is 25.6. The Morgan fingerprint density at radius 2 is 0.600 bits per heavy atom. The summed E-state index contributed by atoms with van der Waals surface area (Å²) in [5, 5.41) is 0. The van der Waals surface area contributed by atoms with Crippen molar-refractivity contribution in [3.05, 3.63) is 0 Å². The van der Waals surface area contributed by atoms with Gasteiger partial charge in [-0.25, -0.2) is 0 Å². The van der Waals surface area contributed by atoms with Gasteiger partial charge in [0.25, 0.3) is 0 Å². The van der Waals surface area contributed by atoms with Gasteiger partial charge in [-0.2, -0.15) is 0 Å². The molecule has 0 aliphatic rings. The quantitative estimate of drug-likeness (QED) is 0.382. The van der Waals surface area contributed by atoms with Crippen LogP contribution in [0.2, 0.25) is 0 Å². The summed E-state index contributed by atoms with van der Waals surface area (Å²) in [7, 11) is -10.9. The molecule has 0 aliphatic heterocycles. The van der Waals surface area contributed by atoms with Crippen molar-refractivity contribution >= 4 is 88.3 Å². The van der Waals surface area contributed by atoms with Crippen LogP contribution >= 0.6 is 0 Å². The second-order valence-corrected chi connectivity index (χ2v) is 2.25. The molecule has 0 fully saturated rings. The van der Waals surface area contributed by atoms with Crippen LogP contribution in [-0.4, -0.2) is 88.3 Å². The average Bonchev–Trinajstić information content (AvgIpc) is 1.54. The van der Waals surface area contributed by atoms with Crippen LogP contribution in [0.15, 0.2) is 0 Å². The van der Waals surface area contributed by atoms with Crippen molar-refractivity contribution in [2.45, 2.75) is 0 Å². The van der Waals surface area contributed by atoms with Gasteiger partial charge in [0.15, 0.2) is 0 Å². The Bertz CT molecular complexity index is 123. The van der Waals surface area contributed by atoms with E-state index in [2.05, 4.69) is 0 Å². The van der Waals surface area contributed by atoms with E-state index in [0.29, 0.717) is 0 Å². The molecule has 0 unspecified atom stereocenters. The fourth-order valence-electron chi connectivity index (χ4n) is 0. The molecule has 0 saturated heterocycles. The SMILES string of the molecule is O=[Si]([O-])[O-].O=[Si]([O-])[O-].O=[Si]([O-])[O-].[Ca+2].[Fe+2].[Mg+2]. The van der Waals surface area contributed by atoms with Gasteiger partial charge >= 0.3 is 77.9 Å². The van der Waals surface area contributed by atoms with Crippen molar-refractivity contribution in [2.75, 3.05) is 0 Å². The van der Waals surface area contributed by atoms with Gasteiger partial charge in [-0.3, -0.25) is 0 Å². The van der Waals surface area contributed by atoms with Crippen LogP contribution in [0, 0.1) is 0 Å². The Balaban J connectivity index is -0.0000000184. The molecule has 15 heteroatoms. The summed E-state index contributed by atoms with van der Waals surface area (Å²) >= 11 is 0. The summed E-state index contributed by atoms with van der Waals surface area (Å²) in [6, 6.07) is 0. The van der Waals surface area contributed by atoms with E-state index in [-0.39, 0.29) is 77.9 Å². The summed E-state index contributed by atoms with van der Waals surface area (Å²) in [6.07, 6.45) is 0. The molecule has 0 atom stereocenters. The van der Waals surface area contributed by atoms with Gasteiger partial charge in [0.2, 0.25) is 0 Å². The Hall–Kier alpha value is 1.40. The molecule has 0 N–H and O–H groups in total. The maximum atomic E-state index is 8.52. The standard InChI is InChI=1S/Ca.Fe.Mg.3O3Si/c;;;3*1-4(2)3/q3*+2;3*-2. The Morgan fingerprint density at radius 3 is 0.600 bits per heavy atom. The van der Waals surface area contributed by atoms with E-state index in [9.17, 15) is 0 Å². The monoisotopic (exact) mass is 348 g/mol. The van der Waals surface area contributed by atoms with Crippen LogP contribution < -0.4 is 28.8 Å². The summed E-state index contributed by atoms with van der Waals surface area (Å²) in [4.78, 5) is 51.1. The van der Waals surface area contributed by atoms with Gasteiger partial charge in [0.1, 0.15) is 0 Å². The van der Waals surface area contributed by atoms with Gasteiger partial charge in [-0.1, -0.05) is 0 Å². The first-order valence-electron chi connectivity index (χ1n) is 1.84. The third kappa shape index (κ3) is 1420. The van der Waals surface area contributed by atoms with E-state index in [0.717, 1.165) is 0 Å². The Morgan fingerprint density at radius 1 is 0.600 bits per heavy atom. The molecule has 0 amide bonds. The van der Waals surface area contributed by atoms with Crippen molar-refractivity contribution < 1.29 is 59.2 Å². The molecule has 15 heavy (non-hydrogen) atoms. The van der Waals surface area contributed by atoms with Crippen LogP contribution in [0.3, 0.4) is 0 Å². The Kier molecular flexibility index (Phi) is 70.8. The van der Waals surface area contributed by atoms with Crippen LogP contribution in [0.4, 0.5) is 0 Å². The van der Waals surface area contributed by atoms with E-state index in [1.165, 1.54) is 0 Å². The van der Waals surface area contributed by atoms with Gasteiger partial charge in [0.05, 0.1) is 0 Å². The van der Waals surface area contributed by atoms with E-state index in [4.69, 9.17) is 42.2 Å². The summed E-state index contributed by atoms with van der Waals surface area (Å²) in [5.41, 5.74) is 0. The maximum absolute atomic E-state index is 8.52. The number of rotatable bonds is 0. The van der Waals surface area contributed by atoms with E-state index in [1.54, 1.807) is 0 Å². The summed E-state index contributed by atoms with van der Waals surface area (Å²) in [6.45, 7) is 0. The smallest absolute Gasteiger partial charge is 0.672 e. The van der Waals surface area contributed by atoms with Crippen molar-refractivity contribution in [3.63, 3.8) is 0 Å². The maximum Gasteiger partial charge on any atom is 2.00 e. The predicted octanol–water partition coefficient (Wildman–Crippen LogP) is -9.40. The molecular weight excluding hydrogens is 348 g/mol. The van der Waals surface area contributed by atoms with Gasteiger partial charge in [-0.05, 0) is 0 Å². The molecule has 0 radical (unpaired) electrons. The minimum absolute atomic E-state index is 0. The molecule has 0 saturated carbocycles. The molecule has 78 valence electrons. The number of hydrogen-bond donors (Lipinski definition) is 0. The normalized spacial score (nSPS) is 4.80. The van der Waals surface area contributed by atoms with E-state index >= 15 is 0 Å². The molecule has 0 rings (SSSR count). The van der Waals surface area contributed by atoms with Crippen molar-refractivity contribution in [1.82, 2.24) is 0 Å². The van der Waals surface area contributed by atoms with Crippen LogP contribution in [-0.2, 0) is 30.5 Å². The molecule has 0 bridgehead atoms. The van der Waals surface area contributed by atoms with Crippen molar-refractivity contribution in [1.29, 1.82) is 0 Å². The van der Waals surface area contributed by atoms with E-state index < -0.39 is 27.5 Å². The first kappa shape index (κ1) is 36.0. The second-order valence-electron chi connectivity index (χ2n) is 0.750. The molecule has 0 aromatic rings. The predicted molar refractivity (Wildman–Crippen MR) is 30.8 cm³/mol. The van der Waals surface area contributed by atoms with Gasteiger partial charge < -0.3 is 42.2 Å². The molecule has 0 heterocycles. The zero-order valence-corrected chi connectivity index (χ0v) is 14.7. The largest absolute Gasteiger partial charge is 2.00 e. The average molecular weight is 348 g/mol. The van der Waals surface area contributed by atoms with Gasteiger partial charge in [-0.15, -0.1) is 0 Å². The molecule has 0 aromatic heterocycles. The summed E-state index contributed by atoms with van der Waals surface area (Å²) in [5.74, 6) is 0. The first-order valence-corrected chi connectivity index (χ1v) is 5.51. The first-order chi connectivity index (χ1) is 5.20. The second kappa shape index (κ2) is 29.5. The Labute approximate surface area is 145 Å². The topological polar surface area (TPSA) is 190 Å². The third-order valence-corrected chi connectivity index (χ3v) is 0. The fraction of sp³-hybridized carbons (Fsp3) is 0. The number of hydrogen-bond acceptors (Lipinski definition) is 9. The zero-order valence-electron chi connectivity index (χ0n) is 6.94. The molecule has 0 aliphatic carbocycles. The molecule has 0 spiro atoms. The minimum Gasteiger partial charge on any atom is -0.672 e. The molecular formula is CaFeMgO9Si3. The third-order valence-electron chi connectivity index (χ3n) is 0. The van der Waals surface area contributed by atoms with Crippen molar-refractivity contribution in [3.8, 4) is 0 Å². The van der Waals surface area contributed by atoms with E-state index in [1.807, 2.05) is 0 Å². The van der Waals surface area contributed by atoms with Crippen molar-refractivity contribution in [2.24, 2.45) is 0 Å². The minimum atomic E-state index is -3.63. The van der Waals surface area contributed by atoms with Crippen LogP contribution in [0.1, 0.15) is 0 Å². The molecule has 0 aromatic carbocycles. The van der Waals surface area contributed by atoms with Crippen LogP contribution in [0.25, 0.3) is 0 Å². The zero-order chi connectivity index (χ0) is 10.7. The molecule has 9 nitrogen and oxygen atoms in total. The van der Waals surface area contributed by atoms with Gasteiger partial charge in [0, 0.05) is 27.5 Å². The fourth-order valence-corrected chi connectivity index (χ4v) is 0.